The molecule has 0 aromatic carbocycles. The van der Waals surface area contributed by atoms with E-state index in [1.54, 1.807) is 0 Å². The maximum atomic E-state index is 9.76. The van der Waals surface area contributed by atoms with Crippen LogP contribution in [0, 0.1) is 11.8 Å². The van der Waals surface area contributed by atoms with E-state index in [9.17, 15) is 5.11 Å². The molecule has 0 spiro atoms. The van der Waals surface area contributed by atoms with Crippen LogP contribution in [0.15, 0.2) is 0 Å². The molecule has 82 valence electrons. The minimum atomic E-state index is -0.0951. The molecule has 0 aromatic heterocycles. The molecule has 0 bridgehead atoms. The first-order valence-electron chi connectivity index (χ1n) is 5.77. The lowest BCUT2D eigenvalue weighted by Crippen LogP contribution is -2.28. The van der Waals surface area contributed by atoms with Crippen molar-refractivity contribution in [2.24, 2.45) is 11.8 Å². The van der Waals surface area contributed by atoms with Gasteiger partial charge < -0.3 is 14.7 Å². The van der Waals surface area contributed by atoms with Gasteiger partial charge in [0.2, 0.25) is 0 Å². The number of likely N-dealkylation sites (tertiary alicyclic amines) is 1. The molecule has 14 heavy (non-hydrogen) atoms. The molecule has 2 fully saturated rings. The molecule has 3 nitrogen and oxygen atoms in total. The molecule has 1 N–H and O–H groups in total. The van der Waals surface area contributed by atoms with Gasteiger partial charge in [-0.15, -0.1) is 0 Å². The van der Waals surface area contributed by atoms with Crippen LogP contribution in [-0.4, -0.2) is 49.0 Å². The summed E-state index contributed by atoms with van der Waals surface area (Å²) in [4.78, 5) is 2.40. The van der Waals surface area contributed by atoms with Crippen molar-refractivity contribution < 1.29 is 9.84 Å². The number of rotatable bonds is 3. The maximum Gasteiger partial charge on any atom is 0.0707 e. The number of β-amino-alcohol motifs (C(OH)–C–C–N with tert-alkyl or cyclic N) is 1. The third-order valence-electron chi connectivity index (χ3n) is 3.55. The lowest BCUT2D eigenvalue weighted by molar-refractivity contribution is 0.136. The van der Waals surface area contributed by atoms with Crippen LogP contribution in [0.5, 0.6) is 0 Å². The fourth-order valence-corrected chi connectivity index (χ4v) is 2.58. The average molecular weight is 199 g/mol. The molecule has 0 aliphatic carbocycles. The molecule has 3 unspecified atom stereocenters. The quantitative estimate of drug-likeness (QED) is 0.727. The van der Waals surface area contributed by atoms with E-state index in [1.807, 2.05) is 0 Å². The first-order valence-corrected chi connectivity index (χ1v) is 5.77. The Bertz CT molecular complexity index is 180. The molecule has 3 heteroatoms. The number of aliphatic hydroxyl groups is 1. The highest BCUT2D eigenvalue weighted by Gasteiger charge is 2.31. The van der Waals surface area contributed by atoms with Crippen LogP contribution in [0.1, 0.15) is 19.8 Å². The van der Waals surface area contributed by atoms with Crippen LogP contribution in [-0.2, 0) is 4.74 Å². The van der Waals surface area contributed by atoms with Crippen molar-refractivity contribution in [2.75, 3.05) is 32.8 Å². The van der Waals surface area contributed by atoms with E-state index >= 15 is 0 Å². The second-order valence-electron chi connectivity index (χ2n) is 4.68. The van der Waals surface area contributed by atoms with Crippen LogP contribution in [0.25, 0.3) is 0 Å². The lowest BCUT2D eigenvalue weighted by Gasteiger charge is -2.18. The molecule has 2 aliphatic heterocycles. The van der Waals surface area contributed by atoms with Gasteiger partial charge >= 0.3 is 0 Å². The lowest BCUT2D eigenvalue weighted by atomic mass is 10.0. The Morgan fingerprint density at radius 1 is 1.43 bits per heavy atom. The number of hydrogen-bond acceptors (Lipinski definition) is 3. The van der Waals surface area contributed by atoms with Gasteiger partial charge in [-0.3, -0.25) is 0 Å². The van der Waals surface area contributed by atoms with Gasteiger partial charge in [-0.2, -0.15) is 0 Å². The molecule has 2 aliphatic rings. The summed E-state index contributed by atoms with van der Waals surface area (Å²) in [5, 5.41) is 9.76. The summed E-state index contributed by atoms with van der Waals surface area (Å²) in [6.07, 6.45) is 2.20. The molecule has 2 rings (SSSR count). The van der Waals surface area contributed by atoms with E-state index in [4.69, 9.17) is 4.74 Å². The van der Waals surface area contributed by atoms with Crippen molar-refractivity contribution >= 4 is 0 Å². The normalized spacial score (nSPS) is 39.4. The molecule has 2 heterocycles. The van der Waals surface area contributed by atoms with Crippen LogP contribution in [0.3, 0.4) is 0 Å². The zero-order chi connectivity index (χ0) is 9.97. The van der Waals surface area contributed by atoms with Crippen molar-refractivity contribution in [3.05, 3.63) is 0 Å². The van der Waals surface area contributed by atoms with Gasteiger partial charge in [0.15, 0.2) is 0 Å². The van der Waals surface area contributed by atoms with Crippen molar-refractivity contribution in [3.8, 4) is 0 Å². The zero-order valence-electron chi connectivity index (χ0n) is 8.98. The van der Waals surface area contributed by atoms with E-state index in [0.29, 0.717) is 11.8 Å². The highest BCUT2D eigenvalue weighted by molar-refractivity contribution is 4.84. The third kappa shape index (κ3) is 2.27. The minimum absolute atomic E-state index is 0.0951. The molecule has 3 atom stereocenters. The first-order chi connectivity index (χ1) is 6.79. The molecule has 0 aromatic rings. The van der Waals surface area contributed by atoms with Gasteiger partial charge in [0.25, 0.3) is 0 Å². The van der Waals surface area contributed by atoms with Gasteiger partial charge in [-0.05, 0) is 24.7 Å². The van der Waals surface area contributed by atoms with Gasteiger partial charge in [0.05, 0.1) is 12.7 Å². The van der Waals surface area contributed by atoms with E-state index in [-0.39, 0.29) is 6.10 Å². The molecule has 0 radical (unpaired) electrons. The highest BCUT2D eigenvalue weighted by Crippen LogP contribution is 2.22. The van der Waals surface area contributed by atoms with Crippen LogP contribution >= 0.6 is 0 Å². The number of ether oxygens (including phenoxy) is 1. The van der Waals surface area contributed by atoms with Gasteiger partial charge in [0, 0.05) is 26.2 Å². The van der Waals surface area contributed by atoms with Crippen LogP contribution < -0.4 is 0 Å². The molecular weight excluding hydrogens is 178 g/mol. The Morgan fingerprint density at radius 2 is 2.29 bits per heavy atom. The van der Waals surface area contributed by atoms with Crippen LogP contribution in [0.2, 0.25) is 0 Å². The van der Waals surface area contributed by atoms with E-state index < -0.39 is 0 Å². The van der Waals surface area contributed by atoms with Gasteiger partial charge in [-0.25, -0.2) is 0 Å². The third-order valence-corrected chi connectivity index (χ3v) is 3.55. The Morgan fingerprint density at radius 3 is 2.86 bits per heavy atom. The van der Waals surface area contributed by atoms with Gasteiger partial charge in [-0.1, -0.05) is 6.92 Å². The Labute approximate surface area is 86.0 Å². The molecule has 0 amide bonds. The fraction of sp³-hybridized carbons (Fsp3) is 1.00. The standard InChI is InChI=1S/C11H21NO2/c1-2-10-6-12(7-11(10)13)5-9-3-4-14-8-9/h9-11,13H,2-8H2,1H3. The Balaban J connectivity index is 1.77. The van der Waals surface area contributed by atoms with E-state index in [0.717, 1.165) is 39.3 Å². The summed E-state index contributed by atoms with van der Waals surface area (Å²) in [5.41, 5.74) is 0. The highest BCUT2D eigenvalue weighted by atomic mass is 16.5. The first kappa shape index (κ1) is 10.4. The topological polar surface area (TPSA) is 32.7 Å². The molecule has 2 saturated heterocycles. The summed E-state index contributed by atoms with van der Waals surface area (Å²) in [6, 6.07) is 0. The van der Waals surface area contributed by atoms with Crippen molar-refractivity contribution in [2.45, 2.75) is 25.9 Å². The summed E-state index contributed by atoms with van der Waals surface area (Å²) < 4.78 is 5.36. The second kappa shape index (κ2) is 4.60. The maximum absolute atomic E-state index is 9.76. The monoisotopic (exact) mass is 199 g/mol. The van der Waals surface area contributed by atoms with Crippen molar-refractivity contribution in [3.63, 3.8) is 0 Å². The average Bonchev–Trinajstić information content (AvgIpc) is 2.76. The smallest absolute Gasteiger partial charge is 0.0707 e. The minimum Gasteiger partial charge on any atom is -0.391 e. The van der Waals surface area contributed by atoms with Crippen molar-refractivity contribution in [1.82, 2.24) is 4.90 Å². The number of nitrogens with zero attached hydrogens (tertiary/aromatic N) is 1. The fourth-order valence-electron chi connectivity index (χ4n) is 2.58. The van der Waals surface area contributed by atoms with E-state index in [1.165, 1.54) is 6.42 Å². The number of aliphatic hydroxyl groups excluding tert-OH is 1. The Kier molecular flexibility index (Phi) is 3.42. The zero-order valence-corrected chi connectivity index (χ0v) is 8.98. The van der Waals surface area contributed by atoms with E-state index in [2.05, 4.69) is 11.8 Å². The summed E-state index contributed by atoms with van der Waals surface area (Å²) >= 11 is 0. The van der Waals surface area contributed by atoms with Gasteiger partial charge in [0.1, 0.15) is 0 Å². The largest absolute Gasteiger partial charge is 0.391 e. The number of hydrogen-bond donors (Lipinski definition) is 1. The predicted molar refractivity (Wildman–Crippen MR) is 55.2 cm³/mol. The predicted octanol–water partition coefficient (Wildman–Crippen LogP) is 0.726. The second-order valence-corrected chi connectivity index (χ2v) is 4.68. The Hall–Kier alpha value is -0.120. The molecular formula is C11H21NO2. The summed E-state index contributed by atoms with van der Waals surface area (Å²) in [6.45, 7) is 7.08. The summed E-state index contributed by atoms with van der Waals surface area (Å²) in [5.74, 6) is 1.20. The van der Waals surface area contributed by atoms with Crippen LogP contribution in [0.4, 0.5) is 0 Å². The summed E-state index contributed by atoms with van der Waals surface area (Å²) in [7, 11) is 0. The SMILES string of the molecule is CCC1CN(CC2CCOC2)CC1O. The van der Waals surface area contributed by atoms with Crippen molar-refractivity contribution in [1.29, 1.82) is 0 Å². The molecule has 0 saturated carbocycles.